The molecule has 9 nitrogen and oxygen atoms in total. The van der Waals surface area contributed by atoms with Crippen LogP contribution in [0.1, 0.15) is 1.43 Å². The Bertz CT molecular complexity index is 1300. The SMILES string of the molecule is O=S(=O)(O)c1ccccc1P(c1ccccc1S(=O)(=O)O)c1ccccc1S(=O)(=O)O.[H-].[Na+]. The van der Waals surface area contributed by atoms with Crippen LogP contribution in [0.25, 0.3) is 0 Å². The number of rotatable bonds is 6. The molecule has 0 aliphatic carbocycles. The number of benzene rings is 3. The maximum absolute atomic E-state index is 12.0. The zero-order chi connectivity index (χ0) is 23.0. The van der Waals surface area contributed by atoms with Crippen molar-refractivity contribution in [2.45, 2.75) is 14.7 Å². The first-order valence-electron chi connectivity index (χ1n) is 8.31. The maximum Gasteiger partial charge on any atom is 1.00 e. The second kappa shape index (κ2) is 9.98. The first kappa shape index (κ1) is 27.1. The minimum atomic E-state index is -4.80. The van der Waals surface area contributed by atoms with Crippen molar-refractivity contribution in [1.82, 2.24) is 0 Å². The van der Waals surface area contributed by atoms with E-state index >= 15 is 0 Å². The molecule has 3 rings (SSSR count). The zero-order valence-electron chi connectivity index (χ0n) is 17.4. The van der Waals surface area contributed by atoms with E-state index in [9.17, 15) is 38.9 Å². The molecule has 0 saturated carbocycles. The summed E-state index contributed by atoms with van der Waals surface area (Å²) in [7, 11) is -16.7. The quantitative estimate of drug-likeness (QED) is 0.193. The van der Waals surface area contributed by atoms with Crippen molar-refractivity contribution >= 4 is 54.2 Å². The summed E-state index contributed by atoms with van der Waals surface area (Å²) in [6.07, 6.45) is 0. The van der Waals surface area contributed by atoms with Crippen molar-refractivity contribution in [3.05, 3.63) is 72.8 Å². The van der Waals surface area contributed by atoms with E-state index in [4.69, 9.17) is 0 Å². The van der Waals surface area contributed by atoms with Gasteiger partial charge in [-0.05, 0) is 26.1 Å². The Morgan fingerprint density at radius 1 is 0.500 bits per heavy atom. The maximum atomic E-state index is 12.0. The Kier molecular flexibility index (Phi) is 8.44. The summed E-state index contributed by atoms with van der Waals surface area (Å²) in [5.74, 6) is 0. The van der Waals surface area contributed by atoms with Gasteiger partial charge in [0.2, 0.25) is 0 Å². The Morgan fingerprint density at radius 3 is 0.938 bits per heavy atom. The van der Waals surface area contributed by atoms with Gasteiger partial charge in [-0.2, -0.15) is 25.3 Å². The molecule has 0 fully saturated rings. The minimum Gasteiger partial charge on any atom is -1.00 e. The second-order valence-electron chi connectivity index (χ2n) is 6.16. The van der Waals surface area contributed by atoms with Crippen LogP contribution in [0.15, 0.2) is 87.5 Å². The summed E-state index contributed by atoms with van der Waals surface area (Å²) < 4.78 is 101. The summed E-state index contributed by atoms with van der Waals surface area (Å²) in [5.41, 5.74) is 0. The van der Waals surface area contributed by atoms with E-state index in [2.05, 4.69) is 0 Å². The Balaban J connectivity index is 0.00000272. The van der Waals surface area contributed by atoms with Crippen LogP contribution in [-0.2, 0) is 30.4 Å². The molecule has 32 heavy (non-hydrogen) atoms. The summed E-state index contributed by atoms with van der Waals surface area (Å²) >= 11 is 0. The fourth-order valence-corrected chi connectivity index (χ4v) is 8.95. The molecule has 0 atom stereocenters. The van der Waals surface area contributed by atoms with Crippen LogP contribution in [0, 0.1) is 0 Å². The van der Waals surface area contributed by atoms with Gasteiger partial charge in [-0.25, -0.2) is 0 Å². The Labute approximate surface area is 210 Å². The molecule has 3 aromatic rings. The molecule has 166 valence electrons. The van der Waals surface area contributed by atoms with Crippen LogP contribution in [0.4, 0.5) is 0 Å². The minimum absolute atomic E-state index is 0. The van der Waals surface area contributed by atoms with Gasteiger partial charge >= 0.3 is 29.6 Å². The van der Waals surface area contributed by atoms with Crippen molar-refractivity contribution in [1.29, 1.82) is 0 Å². The monoisotopic (exact) mass is 526 g/mol. The summed E-state index contributed by atoms with van der Waals surface area (Å²) in [4.78, 5) is -1.72. The summed E-state index contributed by atoms with van der Waals surface area (Å²) in [6.45, 7) is 0. The first-order chi connectivity index (χ1) is 14.3. The van der Waals surface area contributed by atoms with Gasteiger partial charge in [0.25, 0.3) is 30.4 Å². The third-order valence-electron chi connectivity index (χ3n) is 4.15. The van der Waals surface area contributed by atoms with Gasteiger partial charge in [0.15, 0.2) is 0 Å². The van der Waals surface area contributed by atoms with E-state index in [1.807, 2.05) is 0 Å². The summed E-state index contributed by atoms with van der Waals surface area (Å²) in [5, 5.41) is -0.313. The first-order valence-corrected chi connectivity index (χ1v) is 14.0. The van der Waals surface area contributed by atoms with Gasteiger partial charge in [-0.1, -0.05) is 54.6 Å². The fraction of sp³-hybridized carbons (Fsp3) is 0. The van der Waals surface area contributed by atoms with Crippen molar-refractivity contribution < 1.29 is 69.9 Å². The van der Waals surface area contributed by atoms with Crippen molar-refractivity contribution in [2.75, 3.05) is 0 Å². The molecule has 3 aromatic carbocycles. The topological polar surface area (TPSA) is 163 Å². The van der Waals surface area contributed by atoms with E-state index < -0.39 is 53.0 Å². The van der Waals surface area contributed by atoms with E-state index in [1.165, 1.54) is 54.6 Å². The van der Waals surface area contributed by atoms with Crippen molar-refractivity contribution in [3.63, 3.8) is 0 Å². The molecule has 0 unspecified atom stereocenters. The molecule has 0 aliphatic rings. The molecule has 0 radical (unpaired) electrons. The van der Waals surface area contributed by atoms with Gasteiger partial charge in [0.1, 0.15) is 14.7 Å². The smallest absolute Gasteiger partial charge is 1.00 e. The molecule has 0 aromatic heterocycles. The van der Waals surface area contributed by atoms with Crippen LogP contribution < -0.4 is 45.5 Å². The zero-order valence-corrected chi connectivity index (χ0v) is 21.7. The van der Waals surface area contributed by atoms with Crippen molar-refractivity contribution in [3.8, 4) is 0 Å². The van der Waals surface area contributed by atoms with Crippen LogP contribution >= 0.6 is 7.92 Å². The molecular weight excluding hydrogens is 510 g/mol. The van der Waals surface area contributed by atoms with Crippen molar-refractivity contribution in [2.24, 2.45) is 0 Å². The van der Waals surface area contributed by atoms with Crippen LogP contribution in [0.3, 0.4) is 0 Å². The van der Waals surface area contributed by atoms with Crippen LogP contribution in [0.2, 0.25) is 0 Å². The van der Waals surface area contributed by atoms with Gasteiger partial charge < -0.3 is 1.43 Å². The molecule has 0 spiro atoms. The Morgan fingerprint density at radius 2 is 0.719 bits per heavy atom. The second-order valence-corrected chi connectivity index (χ2v) is 12.4. The Hall–Kier alpha value is -1.18. The van der Waals surface area contributed by atoms with E-state index in [0.717, 1.165) is 18.2 Å². The molecule has 3 N–H and O–H groups in total. The summed E-state index contributed by atoms with van der Waals surface area (Å²) in [6, 6.07) is 15.3. The third-order valence-corrected chi connectivity index (χ3v) is 9.96. The van der Waals surface area contributed by atoms with E-state index in [-0.39, 0.29) is 46.9 Å². The normalized spacial score (nSPS) is 12.4. The molecular formula is C18H16NaO9PS3. The average Bonchev–Trinajstić information content (AvgIpc) is 2.67. The molecule has 0 saturated heterocycles. The predicted molar refractivity (Wildman–Crippen MR) is 116 cm³/mol. The predicted octanol–water partition coefficient (Wildman–Crippen LogP) is -1.70. The standard InChI is InChI=1S/C18H15O9PS3.Na.H/c19-29(20,21)16-10-4-1-7-13(16)28(14-8-2-5-11-17(14)30(22,23)24)15-9-3-6-12-18(15)31(25,26)27;;/h1-12H,(H,19,20,21)(H,22,23,24)(H,25,26,27);;/q;+1;-1. The van der Waals surface area contributed by atoms with E-state index in [1.54, 1.807) is 0 Å². The molecule has 14 heteroatoms. The molecule has 0 bridgehead atoms. The number of hydrogen-bond acceptors (Lipinski definition) is 6. The van der Waals surface area contributed by atoms with E-state index in [0.29, 0.717) is 0 Å². The van der Waals surface area contributed by atoms with Gasteiger partial charge in [0.05, 0.1) is 0 Å². The van der Waals surface area contributed by atoms with Crippen LogP contribution in [-0.4, -0.2) is 38.9 Å². The van der Waals surface area contributed by atoms with Gasteiger partial charge in [-0.15, -0.1) is 0 Å². The fourth-order valence-electron chi connectivity index (χ4n) is 2.97. The van der Waals surface area contributed by atoms with Crippen LogP contribution in [0.5, 0.6) is 0 Å². The third kappa shape index (κ3) is 5.84. The average molecular weight is 526 g/mol. The molecule has 0 heterocycles. The molecule has 0 amide bonds. The van der Waals surface area contributed by atoms with Gasteiger partial charge in [-0.3, -0.25) is 13.7 Å². The number of hydrogen-bond donors (Lipinski definition) is 3. The molecule has 0 aliphatic heterocycles. The largest absolute Gasteiger partial charge is 1.00 e. The van der Waals surface area contributed by atoms with Gasteiger partial charge in [0, 0.05) is 15.9 Å².